The predicted octanol–water partition coefficient (Wildman–Crippen LogP) is 14.3. The van der Waals surface area contributed by atoms with E-state index in [4.69, 9.17) is 0 Å². The Morgan fingerprint density at radius 1 is 0.377 bits per heavy atom. The largest absolute Gasteiger partial charge is 0.310 e. The second-order valence-corrected chi connectivity index (χ2v) is 15.7. The lowest BCUT2D eigenvalue weighted by Crippen LogP contribution is -2.17. The van der Waals surface area contributed by atoms with Crippen molar-refractivity contribution >= 4 is 27.8 Å². The molecule has 0 heterocycles. The van der Waals surface area contributed by atoms with Crippen LogP contribution in [0.1, 0.15) is 49.9 Å². The molecule has 0 fully saturated rings. The number of rotatable bonds is 5. The molecule has 0 saturated heterocycles. The van der Waals surface area contributed by atoms with Crippen molar-refractivity contribution < 1.29 is 0 Å². The Morgan fingerprint density at radius 3 is 1.74 bits per heavy atom. The van der Waals surface area contributed by atoms with E-state index in [9.17, 15) is 0 Å². The first-order valence-corrected chi connectivity index (χ1v) is 18.8. The summed E-state index contributed by atoms with van der Waals surface area (Å²) in [5.41, 5.74) is 19.1. The molecule has 8 aromatic carbocycles. The predicted molar refractivity (Wildman–Crippen MR) is 225 cm³/mol. The Balaban J connectivity index is 1.18. The van der Waals surface area contributed by atoms with Crippen LogP contribution in [-0.4, -0.2) is 0 Å². The van der Waals surface area contributed by atoms with Crippen LogP contribution in [0, 0.1) is 0 Å². The van der Waals surface area contributed by atoms with Gasteiger partial charge in [0.15, 0.2) is 0 Å². The zero-order valence-electron chi connectivity index (χ0n) is 30.7. The molecule has 1 nitrogen and oxygen atoms in total. The van der Waals surface area contributed by atoms with Gasteiger partial charge in [0.05, 0.1) is 5.69 Å². The van der Waals surface area contributed by atoms with E-state index < -0.39 is 0 Å². The van der Waals surface area contributed by atoms with E-state index in [0.717, 1.165) is 17.1 Å². The van der Waals surface area contributed by atoms with Crippen LogP contribution in [0.25, 0.3) is 55.3 Å². The topological polar surface area (TPSA) is 3.24 Å². The van der Waals surface area contributed by atoms with Crippen LogP contribution in [0.3, 0.4) is 0 Å². The van der Waals surface area contributed by atoms with Crippen LogP contribution in [0.15, 0.2) is 176 Å². The minimum atomic E-state index is -0.110. The highest BCUT2D eigenvalue weighted by Gasteiger charge is 2.38. The molecule has 1 heteroatoms. The van der Waals surface area contributed by atoms with Gasteiger partial charge in [-0.15, -0.1) is 0 Å². The Hall–Kier alpha value is -6.18. The van der Waals surface area contributed by atoms with Gasteiger partial charge >= 0.3 is 0 Å². The lowest BCUT2D eigenvalue weighted by molar-refractivity contribution is 0.660. The molecule has 0 aliphatic heterocycles. The number of hydrogen-bond acceptors (Lipinski definition) is 1. The molecule has 0 spiro atoms. The van der Waals surface area contributed by atoms with Gasteiger partial charge in [-0.1, -0.05) is 173 Å². The lowest BCUT2D eigenvalue weighted by Gasteiger charge is -2.30. The van der Waals surface area contributed by atoms with Gasteiger partial charge in [0.2, 0.25) is 0 Å². The van der Waals surface area contributed by atoms with Crippen molar-refractivity contribution in [3.05, 3.63) is 198 Å². The SMILES string of the molecule is CC1(C)c2ccccc2-c2ccc(N(c3ccc(-c4cccc5c4C(C)(C)c4ccccc4-5)cc3)c3ccc4ccccc4c3-c3ccccc3)cc21. The molecule has 2 aliphatic rings. The van der Waals surface area contributed by atoms with Gasteiger partial charge < -0.3 is 4.90 Å². The third kappa shape index (κ3) is 4.70. The molecule has 8 aromatic rings. The van der Waals surface area contributed by atoms with E-state index in [0.29, 0.717) is 0 Å². The highest BCUT2D eigenvalue weighted by molar-refractivity contribution is 6.05. The van der Waals surface area contributed by atoms with Gasteiger partial charge in [-0.25, -0.2) is 0 Å². The highest BCUT2D eigenvalue weighted by atomic mass is 15.1. The van der Waals surface area contributed by atoms with E-state index in [1.54, 1.807) is 0 Å². The molecule has 53 heavy (non-hydrogen) atoms. The second-order valence-electron chi connectivity index (χ2n) is 15.7. The Bertz CT molecular complexity index is 2710. The minimum absolute atomic E-state index is 0.0856. The van der Waals surface area contributed by atoms with Gasteiger partial charge in [0.1, 0.15) is 0 Å². The van der Waals surface area contributed by atoms with Crippen LogP contribution >= 0.6 is 0 Å². The van der Waals surface area contributed by atoms with Crippen LogP contribution in [0.5, 0.6) is 0 Å². The molecule has 0 unspecified atom stereocenters. The van der Waals surface area contributed by atoms with Gasteiger partial charge in [-0.2, -0.15) is 0 Å². The summed E-state index contributed by atoms with van der Waals surface area (Å²) in [7, 11) is 0. The molecular formula is C52H41N. The van der Waals surface area contributed by atoms with E-state index >= 15 is 0 Å². The molecule has 254 valence electrons. The molecule has 0 saturated carbocycles. The quantitative estimate of drug-likeness (QED) is 0.175. The molecule has 0 N–H and O–H groups in total. The number of benzene rings is 8. The Labute approximate surface area is 312 Å². The van der Waals surface area contributed by atoms with Crippen molar-refractivity contribution in [1.29, 1.82) is 0 Å². The standard InChI is InChI=1S/C52H41N/c1-51(2)45-23-12-10-19-41(45)43-31-30-38(33-47(43)51)53(48-32-27-34-15-8-9-18-39(34)49(48)36-16-6-5-7-17-36)37-28-25-35(26-29-37)40-21-14-22-44-42-20-11-13-24-46(42)52(3,4)50(40)44/h5-33H,1-4H3. The molecule has 0 radical (unpaired) electrons. The third-order valence-corrected chi connectivity index (χ3v) is 12.1. The molecule has 0 amide bonds. The fourth-order valence-corrected chi connectivity index (χ4v) is 9.49. The summed E-state index contributed by atoms with van der Waals surface area (Å²) in [6, 6.07) is 65.3. The minimum Gasteiger partial charge on any atom is -0.310 e. The van der Waals surface area contributed by atoms with Crippen molar-refractivity contribution in [2.45, 2.75) is 38.5 Å². The molecule has 10 rings (SSSR count). The average Bonchev–Trinajstić information content (AvgIpc) is 3.58. The maximum atomic E-state index is 2.48. The Kier molecular flexibility index (Phi) is 6.94. The summed E-state index contributed by atoms with van der Waals surface area (Å²) >= 11 is 0. The number of hydrogen-bond donors (Lipinski definition) is 0. The molecule has 2 aliphatic carbocycles. The number of fused-ring (bicyclic) bond motifs is 7. The summed E-state index contributed by atoms with van der Waals surface area (Å²) in [6.45, 7) is 9.47. The van der Waals surface area contributed by atoms with Crippen molar-refractivity contribution in [2.75, 3.05) is 4.90 Å². The fraction of sp³-hybridized carbons (Fsp3) is 0.115. The molecule has 0 bridgehead atoms. The molecular weight excluding hydrogens is 639 g/mol. The zero-order chi connectivity index (χ0) is 35.9. The van der Waals surface area contributed by atoms with Gasteiger partial charge in [-0.3, -0.25) is 0 Å². The average molecular weight is 680 g/mol. The van der Waals surface area contributed by atoms with Crippen LogP contribution < -0.4 is 4.90 Å². The molecule has 0 aromatic heterocycles. The molecule has 0 atom stereocenters. The van der Waals surface area contributed by atoms with Crippen molar-refractivity contribution in [2.24, 2.45) is 0 Å². The van der Waals surface area contributed by atoms with E-state index in [2.05, 4.69) is 209 Å². The van der Waals surface area contributed by atoms with Crippen LogP contribution in [0.4, 0.5) is 17.1 Å². The zero-order valence-corrected chi connectivity index (χ0v) is 30.7. The number of anilines is 3. The summed E-state index contributed by atoms with van der Waals surface area (Å²) < 4.78 is 0. The summed E-state index contributed by atoms with van der Waals surface area (Å²) in [5.74, 6) is 0. The van der Waals surface area contributed by atoms with Gasteiger partial charge in [0.25, 0.3) is 0 Å². The monoisotopic (exact) mass is 679 g/mol. The summed E-state index contributed by atoms with van der Waals surface area (Å²) in [5, 5.41) is 2.48. The first kappa shape index (κ1) is 31.5. The van der Waals surface area contributed by atoms with Crippen LogP contribution in [-0.2, 0) is 10.8 Å². The lowest BCUT2D eigenvalue weighted by atomic mass is 9.79. The first-order valence-electron chi connectivity index (χ1n) is 18.8. The Morgan fingerprint density at radius 2 is 0.962 bits per heavy atom. The maximum Gasteiger partial charge on any atom is 0.0546 e. The van der Waals surface area contributed by atoms with E-state index in [1.807, 2.05) is 0 Å². The normalized spacial score (nSPS) is 14.3. The van der Waals surface area contributed by atoms with Crippen molar-refractivity contribution in [3.63, 3.8) is 0 Å². The van der Waals surface area contributed by atoms with Crippen molar-refractivity contribution in [1.82, 2.24) is 0 Å². The van der Waals surface area contributed by atoms with E-state index in [1.165, 1.54) is 77.5 Å². The summed E-state index contributed by atoms with van der Waals surface area (Å²) in [6.07, 6.45) is 0. The fourth-order valence-electron chi connectivity index (χ4n) is 9.49. The third-order valence-electron chi connectivity index (χ3n) is 12.1. The number of nitrogens with zero attached hydrogens (tertiary/aromatic N) is 1. The first-order chi connectivity index (χ1) is 25.8. The van der Waals surface area contributed by atoms with E-state index in [-0.39, 0.29) is 10.8 Å². The highest BCUT2D eigenvalue weighted by Crippen LogP contribution is 2.54. The van der Waals surface area contributed by atoms with Gasteiger partial charge in [0, 0.05) is 27.8 Å². The van der Waals surface area contributed by atoms with Crippen molar-refractivity contribution in [3.8, 4) is 44.5 Å². The smallest absolute Gasteiger partial charge is 0.0546 e. The summed E-state index contributed by atoms with van der Waals surface area (Å²) in [4.78, 5) is 2.48. The van der Waals surface area contributed by atoms with Gasteiger partial charge in [-0.05, 0) is 102 Å². The second kappa shape index (κ2) is 11.7. The maximum absolute atomic E-state index is 2.48. The van der Waals surface area contributed by atoms with Crippen LogP contribution in [0.2, 0.25) is 0 Å².